The van der Waals surface area contributed by atoms with E-state index < -0.39 is 0 Å². The number of carbonyl (C=O) groups is 1. The van der Waals surface area contributed by atoms with Crippen molar-refractivity contribution in [1.29, 1.82) is 0 Å². The van der Waals surface area contributed by atoms with Crippen LogP contribution in [-0.4, -0.2) is 15.8 Å². The van der Waals surface area contributed by atoms with E-state index in [9.17, 15) is 4.79 Å². The molecular weight excluding hydrogens is 272 g/mol. The summed E-state index contributed by atoms with van der Waals surface area (Å²) < 4.78 is 0. The molecule has 4 rings (SSSR count). The zero-order valence-corrected chi connectivity index (χ0v) is 11.8. The summed E-state index contributed by atoms with van der Waals surface area (Å²) in [6.45, 7) is 0. The number of carbonyl (C=O) groups excluding carboxylic acids is 1. The van der Waals surface area contributed by atoms with E-state index in [0.29, 0.717) is 11.3 Å². The lowest BCUT2D eigenvalue weighted by Crippen LogP contribution is -2.01. The first-order valence-electron chi connectivity index (χ1n) is 7.18. The fourth-order valence-corrected chi connectivity index (χ4v) is 2.65. The third-order valence-corrected chi connectivity index (χ3v) is 3.79. The number of hydrogen-bond acceptors (Lipinski definition) is 1. The van der Waals surface area contributed by atoms with Crippen LogP contribution in [0.15, 0.2) is 72.8 Å². The Morgan fingerprint density at radius 2 is 1.50 bits per heavy atom. The molecule has 0 aliphatic carbocycles. The number of ketones is 1. The summed E-state index contributed by atoms with van der Waals surface area (Å²) in [6.07, 6.45) is 0. The molecule has 0 unspecified atom stereocenters. The van der Waals surface area contributed by atoms with Crippen LogP contribution in [0.3, 0.4) is 0 Å². The van der Waals surface area contributed by atoms with Crippen molar-refractivity contribution < 1.29 is 4.79 Å². The summed E-state index contributed by atoms with van der Waals surface area (Å²) in [6, 6.07) is 23.3. The number of aromatic nitrogens is 2. The first-order chi connectivity index (χ1) is 10.8. The van der Waals surface area contributed by atoms with Crippen molar-refractivity contribution in [2.45, 2.75) is 0 Å². The predicted molar refractivity (Wildman–Crippen MR) is 88.0 cm³/mol. The second-order valence-corrected chi connectivity index (χ2v) is 5.25. The van der Waals surface area contributed by atoms with E-state index in [1.165, 1.54) is 0 Å². The Morgan fingerprint density at radius 3 is 2.32 bits per heavy atom. The largest absolute Gasteiger partial charge is 0.353 e. The lowest BCUT2D eigenvalue weighted by molar-refractivity contribution is 0.103. The SMILES string of the molecule is O=C(c1ccccc1)c1ccc(-c2cc3ccccc3[nH]2)[nH]1. The molecule has 4 aromatic rings. The van der Waals surface area contributed by atoms with Crippen molar-refractivity contribution in [3.05, 3.63) is 84.1 Å². The van der Waals surface area contributed by atoms with Gasteiger partial charge in [-0.3, -0.25) is 4.79 Å². The summed E-state index contributed by atoms with van der Waals surface area (Å²) >= 11 is 0. The normalized spacial score (nSPS) is 10.9. The van der Waals surface area contributed by atoms with Gasteiger partial charge in [-0.2, -0.15) is 0 Å². The fourth-order valence-electron chi connectivity index (χ4n) is 2.65. The molecular formula is C19H14N2O. The molecule has 0 saturated heterocycles. The Morgan fingerprint density at radius 1 is 0.727 bits per heavy atom. The monoisotopic (exact) mass is 286 g/mol. The number of rotatable bonds is 3. The van der Waals surface area contributed by atoms with Gasteiger partial charge in [0, 0.05) is 16.5 Å². The maximum absolute atomic E-state index is 12.4. The first-order valence-corrected chi connectivity index (χ1v) is 7.18. The molecule has 2 aromatic heterocycles. The highest BCUT2D eigenvalue weighted by Gasteiger charge is 2.12. The van der Waals surface area contributed by atoms with E-state index >= 15 is 0 Å². The van der Waals surface area contributed by atoms with Gasteiger partial charge in [0.05, 0.1) is 17.1 Å². The average molecular weight is 286 g/mol. The van der Waals surface area contributed by atoms with Crippen LogP contribution in [0, 0.1) is 0 Å². The lowest BCUT2D eigenvalue weighted by Gasteiger charge is -1.98. The number of fused-ring (bicyclic) bond motifs is 1. The number of aromatic amines is 2. The van der Waals surface area contributed by atoms with Crippen LogP contribution in [0.25, 0.3) is 22.3 Å². The van der Waals surface area contributed by atoms with Gasteiger partial charge in [-0.1, -0.05) is 48.5 Å². The van der Waals surface area contributed by atoms with Gasteiger partial charge in [0.1, 0.15) is 0 Å². The summed E-state index contributed by atoms with van der Waals surface area (Å²) in [5.41, 5.74) is 4.26. The van der Waals surface area contributed by atoms with E-state index in [-0.39, 0.29) is 5.78 Å². The molecule has 2 N–H and O–H groups in total. The van der Waals surface area contributed by atoms with Crippen molar-refractivity contribution in [3.63, 3.8) is 0 Å². The highest BCUT2D eigenvalue weighted by Crippen LogP contribution is 2.24. The molecule has 2 heterocycles. The Hall–Kier alpha value is -3.07. The number of para-hydroxylation sites is 1. The third kappa shape index (κ3) is 2.13. The minimum Gasteiger partial charge on any atom is -0.353 e. The molecule has 0 radical (unpaired) electrons. The molecule has 0 fully saturated rings. The molecule has 106 valence electrons. The van der Waals surface area contributed by atoms with Gasteiger partial charge in [0.25, 0.3) is 0 Å². The van der Waals surface area contributed by atoms with Crippen molar-refractivity contribution in [2.24, 2.45) is 0 Å². The molecule has 0 saturated carbocycles. The average Bonchev–Trinajstić information content (AvgIpc) is 3.21. The Kier molecular flexibility index (Phi) is 2.90. The van der Waals surface area contributed by atoms with Crippen molar-refractivity contribution >= 4 is 16.7 Å². The molecule has 0 aliphatic heterocycles. The maximum atomic E-state index is 12.4. The molecule has 3 heteroatoms. The molecule has 0 amide bonds. The zero-order chi connectivity index (χ0) is 14.9. The van der Waals surface area contributed by atoms with Gasteiger partial charge in [-0.05, 0) is 24.3 Å². The zero-order valence-electron chi connectivity index (χ0n) is 11.8. The molecule has 0 spiro atoms. The molecule has 0 atom stereocenters. The molecule has 0 bridgehead atoms. The number of benzene rings is 2. The third-order valence-electron chi connectivity index (χ3n) is 3.79. The van der Waals surface area contributed by atoms with E-state index in [4.69, 9.17) is 0 Å². The van der Waals surface area contributed by atoms with Crippen LogP contribution in [0.5, 0.6) is 0 Å². The molecule has 3 nitrogen and oxygen atoms in total. The van der Waals surface area contributed by atoms with Crippen LogP contribution in [0.1, 0.15) is 16.1 Å². The number of nitrogens with one attached hydrogen (secondary N) is 2. The molecule has 22 heavy (non-hydrogen) atoms. The van der Waals surface area contributed by atoms with Crippen molar-refractivity contribution in [2.75, 3.05) is 0 Å². The van der Waals surface area contributed by atoms with Crippen molar-refractivity contribution in [1.82, 2.24) is 9.97 Å². The van der Waals surface area contributed by atoms with Gasteiger partial charge < -0.3 is 9.97 Å². The van der Waals surface area contributed by atoms with Gasteiger partial charge in [-0.15, -0.1) is 0 Å². The Balaban J connectivity index is 1.70. The van der Waals surface area contributed by atoms with E-state index in [2.05, 4.69) is 22.1 Å². The number of H-pyrrole nitrogens is 2. The summed E-state index contributed by atoms with van der Waals surface area (Å²) in [7, 11) is 0. The van der Waals surface area contributed by atoms with E-state index in [0.717, 1.165) is 22.3 Å². The fraction of sp³-hybridized carbons (Fsp3) is 0. The minimum atomic E-state index is 0.00274. The maximum Gasteiger partial charge on any atom is 0.209 e. The standard InChI is InChI=1S/C19H14N2O/c22-19(13-6-2-1-3-7-13)17-11-10-16(21-17)18-12-14-8-4-5-9-15(14)20-18/h1-12,20-21H. The van der Waals surface area contributed by atoms with Crippen LogP contribution >= 0.6 is 0 Å². The van der Waals surface area contributed by atoms with Crippen LogP contribution < -0.4 is 0 Å². The van der Waals surface area contributed by atoms with E-state index in [1.807, 2.05) is 60.7 Å². The van der Waals surface area contributed by atoms with Gasteiger partial charge in [-0.25, -0.2) is 0 Å². The van der Waals surface area contributed by atoms with Gasteiger partial charge in [0.15, 0.2) is 0 Å². The second-order valence-electron chi connectivity index (χ2n) is 5.25. The second kappa shape index (κ2) is 5.04. The highest BCUT2D eigenvalue weighted by atomic mass is 16.1. The van der Waals surface area contributed by atoms with Gasteiger partial charge in [0.2, 0.25) is 5.78 Å². The van der Waals surface area contributed by atoms with E-state index in [1.54, 1.807) is 0 Å². The Labute approximate surface area is 127 Å². The summed E-state index contributed by atoms with van der Waals surface area (Å²) in [4.78, 5) is 19.0. The first kappa shape index (κ1) is 12.7. The minimum absolute atomic E-state index is 0.00274. The smallest absolute Gasteiger partial charge is 0.209 e. The Bertz CT molecular complexity index is 915. The summed E-state index contributed by atoms with van der Waals surface area (Å²) in [5, 5.41) is 1.16. The quantitative estimate of drug-likeness (QED) is 0.539. The van der Waals surface area contributed by atoms with Crippen LogP contribution in [0.4, 0.5) is 0 Å². The van der Waals surface area contributed by atoms with Crippen LogP contribution in [-0.2, 0) is 0 Å². The van der Waals surface area contributed by atoms with Crippen LogP contribution in [0.2, 0.25) is 0 Å². The molecule has 0 aliphatic rings. The topological polar surface area (TPSA) is 48.6 Å². The van der Waals surface area contributed by atoms with Gasteiger partial charge >= 0.3 is 0 Å². The predicted octanol–water partition coefficient (Wildman–Crippen LogP) is 4.39. The van der Waals surface area contributed by atoms with Crippen molar-refractivity contribution in [3.8, 4) is 11.4 Å². The molecule has 2 aromatic carbocycles. The summed E-state index contributed by atoms with van der Waals surface area (Å²) in [5.74, 6) is 0.00274. The number of hydrogen-bond donors (Lipinski definition) is 2. The lowest BCUT2D eigenvalue weighted by atomic mass is 10.1. The highest BCUT2D eigenvalue weighted by molar-refractivity contribution is 6.08.